The SMILES string of the molecule is COCCSc1nc(N)c(C#N)c(-c2ccc(O)c(O)c2)c1C#N. The monoisotopic (exact) mass is 342 g/mol. The Morgan fingerprint density at radius 2 is 1.92 bits per heavy atom. The van der Waals surface area contributed by atoms with Crippen molar-refractivity contribution in [3.05, 3.63) is 29.3 Å². The van der Waals surface area contributed by atoms with Crippen LogP contribution in [0.1, 0.15) is 11.1 Å². The van der Waals surface area contributed by atoms with E-state index in [1.807, 2.05) is 6.07 Å². The summed E-state index contributed by atoms with van der Waals surface area (Å²) in [6.45, 7) is 0.465. The van der Waals surface area contributed by atoms with Gasteiger partial charge in [0.05, 0.1) is 12.2 Å². The Morgan fingerprint density at radius 1 is 1.21 bits per heavy atom. The fraction of sp³-hybridized carbons (Fsp3) is 0.188. The third kappa shape index (κ3) is 3.35. The number of anilines is 1. The predicted molar refractivity (Wildman–Crippen MR) is 89.4 cm³/mol. The number of phenolic OH excluding ortho intramolecular Hbond substituents is 2. The smallest absolute Gasteiger partial charge is 0.158 e. The molecule has 0 aliphatic heterocycles. The standard InChI is InChI=1S/C16H14N4O3S/c1-23-4-5-24-16-11(8-18)14(10(7-17)15(19)20-16)9-2-3-12(21)13(22)6-9/h2-3,6,21-22H,4-5H2,1H3,(H2,19,20). The Balaban J connectivity index is 2.69. The largest absolute Gasteiger partial charge is 0.504 e. The van der Waals surface area contributed by atoms with Gasteiger partial charge in [-0.05, 0) is 17.7 Å². The minimum Gasteiger partial charge on any atom is -0.504 e. The number of pyridine rings is 1. The van der Waals surface area contributed by atoms with E-state index in [2.05, 4.69) is 11.1 Å². The topological polar surface area (TPSA) is 136 Å². The molecule has 0 fully saturated rings. The lowest BCUT2D eigenvalue weighted by atomic mass is 9.96. The zero-order chi connectivity index (χ0) is 17.7. The van der Waals surface area contributed by atoms with Gasteiger partial charge in [0.15, 0.2) is 11.5 Å². The number of nitriles is 2. The molecular weight excluding hydrogens is 328 g/mol. The van der Waals surface area contributed by atoms with E-state index >= 15 is 0 Å². The van der Waals surface area contributed by atoms with Crippen molar-refractivity contribution in [3.63, 3.8) is 0 Å². The van der Waals surface area contributed by atoms with Crippen molar-refractivity contribution in [1.29, 1.82) is 10.5 Å². The number of nitrogens with two attached hydrogens (primary N) is 1. The number of nitrogens with zero attached hydrogens (tertiary/aromatic N) is 3. The predicted octanol–water partition coefficient (Wildman–Crippen LogP) is 2.22. The Hall–Kier alpha value is -2.94. The van der Waals surface area contributed by atoms with E-state index in [4.69, 9.17) is 10.5 Å². The van der Waals surface area contributed by atoms with E-state index in [-0.39, 0.29) is 34.0 Å². The van der Waals surface area contributed by atoms with E-state index in [0.29, 0.717) is 22.9 Å². The quantitative estimate of drug-likeness (QED) is 0.427. The minimum absolute atomic E-state index is 0.000943. The molecule has 122 valence electrons. The number of phenols is 2. The molecule has 1 aromatic heterocycles. The van der Waals surface area contributed by atoms with Gasteiger partial charge in [-0.3, -0.25) is 0 Å². The number of aromatic nitrogens is 1. The highest BCUT2D eigenvalue weighted by molar-refractivity contribution is 7.99. The molecule has 0 saturated carbocycles. The van der Waals surface area contributed by atoms with Crippen LogP contribution in [0.15, 0.2) is 23.2 Å². The summed E-state index contributed by atoms with van der Waals surface area (Å²) in [4.78, 5) is 4.14. The second-order valence-electron chi connectivity index (χ2n) is 4.70. The van der Waals surface area contributed by atoms with Crippen LogP contribution in [0.4, 0.5) is 5.82 Å². The van der Waals surface area contributed by atoms with Gasteiger partial charge < -0.3 is 20.7 Å². The fourth-order valence-corrected chi connectivity index (χ4v) is 2.99. The lowest BCUT2D eigenvalue weighted by molar-refractivity contribution is 0.218. The van der Waals surface area contributed by atoms with Crippen LogP contribution in [0, 0.1) is 22.7 Å². The van der Waals surface area contributed by atoms with Crippen LogP contribution in [-0.2, 0) is 4.74 Å². The van der Waals surface area contributed by atoms with Gasteiger partial charge in [0.1, 0.15) is 28.5 Å². The summed E-state index contributed by atoms with van der Waals surface area (Å²) in [6.07, 6.45) is 0. The third-order valence-electron chi connectivity index (χ3n) is 3.21. The fourth-order valence-electron chi connectivity index (χ4n) is 2.09. The maximum absolute atomic E-state index is 9.72. The second-order valence-corrected chi connectivity index (χ2v) is 5.78. The highest BCUT2D eigenvalue weighted by Gasteiger charge is 2.21. The van der Waals surface area contributed by atoms with Crippen LogP contribution in [0.3, 0.4) is 0 Å². The molecule has 0 aliphatic rings. The first-order valence-electron chi connectivity index (χ1n) is 6.81. The molecule has 2 aromatic rings. The number of methoxy groups -OCH3 is 1. The third-order valence-corrected chi connectivity index (χ3v) is 4.15. The number of hydrogen-bond donors (Lipinski definition) is 3. The first-order chi connectivity index (χ1) is 11.5. The average Bonchev–Trinajstić information content (AvgIpc) is 2.57. The summed E-state index contributed by atoms with van der Waals surface area (Å²) >= 11 is 1.29. The summed E-state index contributed by atoms with van der Waals surface area (Å²) in [5.74, 6) is -0.0974. The van der Waals surface area contributed by atoms with Gasteiger partial charge in [0.2, 0.25) is 0 Å². The van der Waals surface area contributed by atoms with Gasteiger partial charge in [-0.1, -0.05) is 6.07 Å². The Labute approximate surface area is 142 Å². The van der Waals surface area contributed by atoms with Crippen LogP contribution < -0.4 is 5.73 Å². The molecule has 0 atom stereocenters. The number of rotatable bonds is 5. The zero-order valence-electron chi connectivity index (χ0n) is 12.8. The van der Waals surface area contributed by atoms with Gasteiger partial charge in [-0.25, -0.2) is 4.98 Å². The number of aromatic hydroxyl groups is 2. The molecule has 1 aromatic carbocycles. The zero-order valence-corrected chi connectivity index (χ0v) is 13.6. The van der Waals surface area contributed by atoms with E-state index in [0.717, 1.165) is 0 Å². The maximum Gasteiger partial charge on any atom is 0.158 e. The normalized spacial score (nSPS) is 10.1. The molecular formula is C16H14N4O3S. The van der Waals surface area contributed by atoms with Crippen molar-refractivity contribution in [1.82, 2.24) is 4.98 Å². The number of thioether (sulfide) groups is 1. The van der Waals surface area contributed by atoms with E-state index in [1.165, 1.54) is 30.0 Å². The summed E-state index contributed by atoms with van der Waals surface area (Å²) in [5.41, 5.74) is 6.77. The van der Waals surface area contributed by atoms with Crippen LogP contribution in [0.2, 0.25) is 0 Å². The van der Waals surface area contributed by atoms with E-state index in [9.17, 15) is 20.7 Å². The number of benzene rings is 1. The first-order valence-corrected chi connectivity index (χ1v) is 7.79. The summed E-state index contributed by atoms with van der Waals surface area (Å²) in [5, 5.41) is 38.5. The van der Waals surface area contributed by atoms with E-state index < -0.39 is 0 Å². The Kier molecular flexibility index (Phi) is 5.48. The highest BCUT2D eigenvalue weighted by Crippen LogP contribution is 2.38. The molecule has 0 spiro atoms. The molecule has 8 heteroatoms. The van der Waals surface area contributed by atoms with Crippen molar-refractivity contribution < 1.29 is 14.9 Å². The van der Waals surface area contributed by atoms with Crippen molar-refractivity contribution in [2.45, 2.75) is 5.03 Å². The molecule has 0 saturated heterocycles. The molecule has 1 heterocycles. The summed E-state index contributed by atoms with van der Waals surface area (Å²) < 4.78 is 4.98. The van der Waals surface area contributed by atoms with Crippen LogP contribution in [0.25, 0.3) is 11.1 Å². The maximum atomic E-state index is 9.72. The highest BCUT2D eigenvalue weighted by atomic mass is 32.2. The van der Waals surface area contributed by atoms with Gasteiger partial charge in [-0.15, -0.1) is 11.8 Å². The van der Waals surface area contributed by atoms with Crippen LogP contribution >= 0.6 is 11.8 Å². The lowest BCUT2D eigenvalue weighted by Crippen LogP contribution is -2.04. The van der Waals surface area contributed by atoms with Crippen molar-refractivity contribution in [2.24, 2.45) is 0 Å². The molecule has 0 radical (unpaired) electrons. The van der Waals surface area contributed by atoms with Crippen LogP contribution in [-0.4, -0.2) is 34.7 Å². The van der Waals surface area contributed by atoms with Crippen LogP contribution in [0.5, 0.6) is 11.5 Å². The number of nitrogen functional groups attached to an aromatic ring is 1. The molecule has 24 heavy (non-hydrogen) atoms. The van der Waals surface area contributed by atoms with Crippen molar-refractivity contribution in [3.8, 4) is 34.8 Å². The lowest BCUT2D eigenvalue weighted by Gasteiger charge is -2.13. The van der Waals surface area contributed by atoms with Gasteiger partial charge in [0.25, 0.3) is 0 Å². The number of hydrogen-bond acceptors (Lipinski definition) is 8. The van der Waals surface area contributed by atoms with Gasteiger partial charge >= 0.3 is 0 Å². The summed E-state index contributed by atoms with van der Waals surface area (Å²) in [6, 6.07) is 8.05. The molecule has 4 N–H and O–H groups in total. The van der Waals surface area contributed by atoms with E-state index in [1.54, 1.807) is 7.11 Å². The second kappa shape index (κ2) is 7.55. The Morgan fingerprint density at radius 3 is 2.50 bits per heavy atom. The van der Waals surface area contributed by atoms with Crippen molar-refractivity contribution >= 4 is 17.6 Å². The molecule has 0 bridgehead atoms. The summed E-state index contributed by atoms with van der Waals surface area (Å²) in [7, 11) is 1.57. The molecule has 0 unspecified atom stereocenters. The van der Waals surface area contributed by atoms with Crippen molar-refractivity contribution in [2.75, 3.05) is 25.2 Å². The average molecular weight is 342 g/mol. The molecule has 0 amide bonds. The molecule has 2 rings (SSSR count). The molecule has 0 aliphatic carbocycles. The van der Waals surface area contributed by atoms with Gasteiger partial charge in [0, 0.05) is 18.4 Å². The Bertz CT molecular complexity index is 856. The minimum atomic E-state index is -0.357. The number of ether oxygens (including phenoxy) is 1. The first kappa shape index (κ1) is 17.4. The van der Waals surface area contributed by atoms with Gasteiger partial charge in [-0.2, -0.15) is 10.5 Å². The molecule has 7 nitrogen and oxygen atoms in total.